The van der Waals surface area contributed by atoms with Crippen molar-refractivity contribution in [2.45, 2.75) is 57.4 Å². The standard InChI is InChI=1S/C14H25NO3S/c1-19-10-13(16)15-12(7-8-14(17)18)9-11-5-3-2-4-6-11/h11-12H,2-10H2,1H3,(H,15,16)(H,17,18). The Morgan fingerprint density at radius 1 is 1.32 bits per heavy atom. The van der Waals surface area contributed by atoms with Gasteiger partial charge in [0, 0.05) is 12.5 Å². The lowest BCUT2D eigenvalue weighted by atomic mass is 9.84. The maximum atomic E-state index is 11.7. The van der Waals surface area contributed by atoms with E-state index in [4.69, 9.17) is 5.11 Å². The highest BCUT2D eigenvalue weighted by atomic mass is 32.2. The van der Waals surface area contributed by atoms with Crippen molar-refractivity contribution in [3.63, 3.8) is 0 Å². The third kappa shape index (κ3) is 7.45. The predicted molar refractivity (Wildman–Crippen MR) is 78.4 cm³/mol. The van der Waals surface area contributed by atoms with Crippen LogP contribution in [0.2, 0.25) is 0 Å². The van der Waals surface area contributed by atoms with Gasteiger partial charge in [-0.3, -0.25) is 9.59 Å². The topological polar surface area (TPSA) is 66.4 Å². The number of thioether (sulfide) groups is 1. The maximum absolute atomic E-state index is 11.7. The molecular weight excluding hydrogens is 262 g/mol. The monoisotopic (exact) mass is 287 g/mol. The van der Waals surface area contributed by atoms with Crippen LogP contribution in [-0.4, -0.2) is 35.0 Å². The molecule has 0 bridgehead atoms. The molecule has 0 radical (unpaired) electrons. The summed E-state index contributed by atoms with van der Waals surface area (Å²) in [5, 5.41) is 11.8. The van der Waals surface area contributed by atoms with Gasteiger partial charge in [0.25, 0.3) is 0 Å². The number of hydrogen-bond donors (Lipinski definition) is 2. The fraction of sp³-hybridized carbons (Fsp3) is 0.857. The summed E-state index contributed by atoms with van der Waals surface area (Å²) in [5.74, 6) is 0.349. The van der Waals surface area contributed by atoms with Gasteiger partial charge < -0.3 is 10.4 Å². The van der Waals surface area contributed by atoms with Crippen LogP contribution >= 0.6 is 11.8 Å². The highest BCUT2D eigenvalue weighted by Crippen LogP contribution is 2.28. The Labute approximate surface area is 119 Å². The second-order valence-electron chi connectivity index (χ2n) is 5.37. The Hall–Kier alpha value is -0.710. The second-order valence-corrected chi connectivity index (χ2v) is 6.24. The molecule has 2 N–H and O–H groups in total. The first kappa shape index (κ1) is 16.3. The first-order valence-electron chi connectivity index (χ1n) is 7.12. The third-order valence-corrected chi connectivity index (χ3v) is 4.24. The number of carboxylic acids is 1. The van der Waals surface area contributed by atoms with Gasteiger partial charge >= 0.3 is 5.97 Å². The van der Waals surface area contributed by atoms with Crippen molar-refractivity contribution in [1.29, 1.82) is 0 Å². The molecule has 1 aliphatic rings. The van der Waals surface area contributed by atoms with Gasteiger partial charge in [-0.2, -0.15) is 11.8 Å². The molecule has 0 aromatic carbocycles. The molecule has 0 aliphatic heterocycles. The fourth-order valence-corrected chi connectivity index (χ4v) is 3.12. The molecule has 4 nitrogen and oxygen atoms in total. The highest BCUT2D eigenvalue weighted by Gasteiger charge is 2.20. The van der Waals surface area contributed by atoms with E-state index in [0.29, 0.717) is 18.1 Å². The molecule has 1 saturated carbocycles. The van der Waals surface area contributed by atoms with Crippen LogP contribution < -0.4 is 5.32 Å². The molecule has 5 heteroatoms. The summed E-state index contributed by atoms with van der Waals surface area (Å²) in [5.41, 5.74) is 0. The molecule has 0 aromatic heterocycles. The largest absolute Gasteiger partial charge is 0.481 e. The van der Waals surface area contributed by atoms with Crippen LogP contribution in [0.3, 0.4) is 0 Å². The number of nitrogens with one attached hydrogen (secondary N) is 1. The number of amides is 1. The van der Waals surface area contributed by atoms with Crippen molar-refractivity contribution >= 4 is 23.6 Å². The molecule has 1 amide bonds. The van der Waals surface area contributed by atoms with Gasteiger partial charge in [0.05, 0.1) is 5.75 Å². The lowest BCUT2D eigenvalue weighted by molar-refractivity contribution is -0.137. The Balaban J connectivity index is 2.42. The molecule has 0 heterocycles. The minimum atomic E-state index is -0.784. The van der Waals surface area contributed by atoms with Gasteiger partial charge in [-0.15, -0.1) is 0 Å². The van der Waals surface area contributed by atoms with Crippen LogP contribution in [0.4, 0.5) is 0 Å². The highest BCUT2D eigenvalue weighted by molar-refractivity contribution is 7.99. The first-order chi connectivity index (χ1) is 9.11. The van der Waals surface area contributed by atoms with Gasteiger partial charge in [-0.1, -0.05) is 32.1 Å². The molecule has 0 saturated heterocycles. The summed E-state index contributed by atoms with van der Waals surface area (Å²) in [6.45, 7) is 0. The van der Waals surface area contributed by atoms with E-state index in [1.807, 2.05) is 6.26 Å². The van der Waals surface area contributed by atoms with Crippen molar-refractivity contribution in [1.82, 2.24) is 5.32 Å². The van der Waals surface area contributed by atoms with Crippen LogP contribution in [0.15, 0.2) is 0 Å². The molecule has 19 heavy (non-hydrogen) atoms. The Bertz CT molecular complexity index is 290. The van der Waals surface area contributed by atoms with Crippen molar-refractivity contribution in [2.24, 2.45) is 5.92 Å². The number of carbonyl (C=O) groups is 2. The number of aliphatic carboxylic acids is 1. The normalized spacial score (nSPS) is 17.9. The van der Waals surface area contributed by atoms with Crippen LogP contribution in [0.25, 0.3) is 0 Å². The van der Waals surface area contributed by atoms with Gasteiger partial charge in [0.15, 0.2) is 0 Å². The Morgan fingerprint density at radius 3 is 2.58 bits per heavy atom. The van der Waals surface area contributed by atoms with Crippen LogP contribution in [0.1, 0.15) is 51.4 Å². The molecule has 0 spiro atoms. The zero-order chi connectivity index (χ0) is 14.1. The summed E-state index contributed by atoms with van der Waals surface area (Å²) in [6.07, 6.45) is 9.83. The van der Waals surface area contributed by atoms with Gasteiger partial charge in [-0.25, -0.2) is 0 Å². The molecule has 0 aromatic rings. The van der Waals surface area contributed by atoms with Crippen molar-refractivity contribution in [3.8, 4) is 0 Å². The number of hydrogen-bond acceptors (Lipinski definition) is 3. The SMILES string of the molecule is CSCC(=O)NC(CCC(=O)O)CC1CCCCC1. The Kier molecular flexibility index (Phi) is 7.94. The molecule has 110 valence electrons. The number of rotatable bonds is 8. The minimum absolute atomic E-state index is 0.0266. The molecule has 1 unspecified atom stereocenters. The molecule has 1 aliphatic carbocycles. The van der Waals surface area contributed by atoms with E-state index < -0.39 is 5.97 Å². The van der Waals surface area contributed by atoms with E-state index >= 15 is 0 Å². The van der Waals surface area contributed by atoms with Crippen molar-refractivity contribution < 1.29 is 14.7 Å². The fourth-order valence-electron chi connectivity index (χ4n) is 2.77. The van der Waals surface area contributed by atoms with E-state index in [1.165, 1.54) is 43.9 Å². The average molecular weight is 287 g/mol. The lowest BCUT2D eigenvalue weighted by Crippen LogP contribution is -2.38. The van der Waals surface area contributed by atoms with Crippen molar-refractivity contribution in [2.75, 3.05) is 12.0 Å². The molecule has 1 atom stereocenters. The average Bonchev–Trinajstić information content (AvgIpc) is 2.37. The zero-order valence-electron chi connectivity index (χ0n) is 11.7. The van der Waals surface area contributed by atoms with Gasteiger partial charge in [-0.05, 0) is 25.0 Å². The summed E-state index contributed by atoms with van der Waals surface area (Å²) >= 11 is 1.49. The summed E-state index contributed by atoms with van der Waals surface area (Å²) < 4.78 is 0. The predicted octanol–water partition coefficient (Wildman–Crippen LogP) is 2.67. The first-order valence-corrected chi connectivity index (χ1v) is 8.51. The summed E-state index contributed by atoms with van der Waals surface area (Å²) in [4.78, 5) is 22.4. The summed E-state index contributed by atoms with van der Waals surface area (Å²) in [6, 6.07) is 0.0267. The Morgan fingerprint density at radius 2 is 2.00 bits per heavy atom. The number of carboxylic acid groups (broad SMARTS) is 1. The molecule has 1 rings (SSSR count). The second kappa shape index (κ2) is 9.23. The zero-order valence-corrected chi connectivity index (χ0v) is 12.5. The van der Waals surface area contributed by atoms with Gasteiger partial charge in [0.1, 0.15) is 0 Å². The van der Waals surface area contributed by atoms with E-state index in [1.54, 1.807) is 0 Å². The molecular formula is C14H25NO3S. The van der Waals surface area contributed by atoms with Gasteiger partial charge in [0.2, 0.25) is 5.91 Å². The van der Waals surface area contributed by atoms with E-state index in [9.17, 15) is 9.59 Å². The smallest absolute Gasteiger partial charge is 0.303 e. The van der Waals surface area contributed by atoms with E-state index in [-0.39, 0.29) is 18.4 Å². The van der Waals surface area contributed by atoms with Crippen LogP contribution in [0, 0.1) is 5.92 Å². The third-order valence-electron chi connectivity index (χ3n) is 3.69. The van der Waals surface area contributed by atoms with E-state index in [2.05, 4.69) is 5.32 Å². The molecule has 1 fully saturated rings. The van der Waals surface area contributed by atoms with Crippen LogP contribution in [-0.2, 0) is 9.59 Å². The maximum Gasteiger partial charge on any atom is 0.303 e. The van der Waals surface area contributed by atoms with Crippen molar-refractivity contribution in [3.05, 3.63) is 0 Å². The number of carbonyl (C=O) groups excluding carboxylic acids is 1. The lowest BCUT2D eigenvalue weighted by Gasteiger charge is -2.27. The van der Waals surface area contributed by atoms with E-state index in [0.717, 1.165) is 6.42 Å². The summed E-state index contributed by atoms with van der Waals surface area (Å²) in [7, 11) is 0. The quantitative estimate of drug-likeness (QED) is 0.720. The minimum Gasteiger partial charge on any atom is -0.481 e. The van der Waals surface area contributed by atoms with Crippen LogP contribution in [0.5, 0.6) is 0 Å².